The number of nitrogens with zero attached hydrogens (tertiary/aromatic N) is 3. The number of ketones is 2. The molecule has 1 fully saturated rings. The third-order valence-corrected chi connectivity index (χ3v) is 8.70. The largest absolute Gasteiger partial charge is 0.481 e. The van der Waals surface area contributed by atoms with E-state index in [0.29, 0.717) is 50.3 Å². The summed E-state index contributed by atoms with van der Waals surface area (Å²) in [5.74, 6) is -2.75. The van der Waals surface area contributed by atoms with E-state index in [0.717, 1.165) is 27.8 Å². The van der Waals surface area contributed by atoms with Crippen molar-refractivity contribution < 1.29 is 33.9 Å². The number of nitriles is 1. The molecule has 1 aliphatic carbocycles. The summed E-state index contributed by atoms with van der Waals surface area (Å²) in [7, 11) is 0. The first-order chi connectivity index (χ1) is 22.1. The van der Waals surface area contributed by atoms with Gasteiger partial charge in [0.15, 0.2) is 11.9 Å². The van der Waals surface area contributed by atoms with Crippen LogP contribution >= 0.6 is 0 Å². The quantitative estimate of drug-likeness (QED) is 0.0549. The molecular weight excluding hydrogens is 586 g/mol. The van der Waals surface area contributed by atoms with Gasteiger partial charge in [-0.2, -0.15) is 5.26 Å². The highest BCUT2D eigenvalue weighted by Gasteiger charge is 2.36. The molecule has 1 unspecified atom stereocenters. The van der Waals surface area contributed by atoms with Crippen LogP contribution in [0, 0.1) is 11.3 Å². The van der Waals surface area contributed by atoms with Crippen LogP contribution in [0.2, 0.25) is 0 Å². The number of unbranched alkanes of at least 4 members (excludes halogenated alkanes) is 1. The van der Waals surface area contributed by atoms with Crippen molar-refractivity contribution >= 4 is 29.2 Å². The summed E-state index contributed by atoms with van der Waals surface area (Å²) in [5, 5.41) is 21.4. The standard InChI is InChI=1S/C36H35N3O7/c1-36(2,39-17-19-45-20-18-39)35(44)24-13-11-23(12-14-24)33-27-8-4-3-7-26(27)29-21-25(15-16-28(29)33)34(43)30(38-46-32(42)22-37)9-5-6-10-31(40)41/h3-4,7-8,11-16,21,33H,5-6,9-10,17-20H2,1-2H3,(H,40,41)/b38-30+. The van der Waals surface area contributed by atoms with Gasteiger partial charge in [-0.15, -0.1) is 0 Å². The van der Waals surface area contributed by atoms with Gasteiger partial charge in [0.05, 0.1) is 18.8 Å². The van der Waals surface area contributed by atoms with Crippen molar-refractivity contribution in [3.63, 3.8) is 0 Å². The number of fused-ring (bicyclic) bond motifs is 3. The second kappa shape index (κ2) is 14.0. The highest BCUT2D eigenvalue weighted by Crippen LogP contribution is 2.48. The fourth-order valence-electron chi connectivity index (χ4n) is 6.20. The van der Waals surface area contributed by atoms with Crippen LogP contribution in [0.4, 0.5) is 0 Å². The van der Waals surface area contributed by atoms with E-state index < -0.39 is 23.3 Å². The summed E-state index contributed by atoms with van der Waals surface area (Å²) in [4.78, 5) is 56.2. The number of Topliss-reactive ketones (excluding diaryl/α,β-unsaturated/α-hetero) is 2. The minimum atomic E-state index is -1.25. The Morgan fingerprint density at radius 3 is 2.28 bits per heavy atom. The van der Waals surface area contributed by atoms with Crippen LogP contribution in [0.25, 0.3) is 11.1 Å². The number of carboxylic acid groups (broad SMARTS) is 1. The highest BCUT2D eigenvalue weighted by atomic mass is 16.7. The molecule has 46 heavy (non-hydrogen) atoms. The van der Waals surface area contributed by atoms with E-state index in [2.05, 4.69) is 21.0 Å². The molecule has 0 aromatic heterocycles. The Balaban J connectivity index is 1.42. The lowest BCUT2D eigenvalue weighted by molar-refractivity contribution is -0.137. The Labute approximate surface area is 267 Å². The van der Waals surface area contributed by atoms with Crippen molar-refractivity contribution in [2.75, 3.05) is 26.3 Å². The molecule has 10 nitrogen and oxygen atoms in total. The maximum absolute atomic E-state index is 13.6. The van der Waals surface area contributed by atoms with Gasteiger partial charge in [0.2, 0.25) is 5.78 Å². The Kier molecular flexibility index (Phi) is 9.85. The number of ether oxygens (including phenoxy) is 1. The predicted molar refractivity (Wildman–Crippen MR) is 170 cm³/mol. The summed E-state index contributed by atoms with van der Waals surface area (Å²) < 4.78 is 5.47. The van der Waals surface area contributed by atoms with Crippen molar-refractivity contribution in [3.8, 4) is 17.2 Å². The minimum Gasteiger partial charge on any atom is -0.481 e. The molecular formula is C36H35N3O7. The summed E-state index contributed by atoms with van der Waals surface area (Å²) in [6.07, 6.45) is 0.646. The number of aliphatic carboxylic acids is 1. The van der Waals surface area contributed by atoms with Crippen LogP contribution in [0.5, 0.6) is 0 Å². The Morgan fingerprint density at radius 2 is 1.59 bits per heavy atom. The molecule has 3 aromatic rings. The lowest BCUT2D eigenvalue weighted by atomic mass is 9.86. The molecule has 0 saturated carbocycles. The van der Waals surface area contributed by atoms with Gasteiger partial charge in [0, 0.05) is 36.6 Å². The number of benzene rings is 3. The first kappa shape index (κ1) is 32.4. The molecule has 1 heterocycles. The van der Waals surface area contributed by atoms with E-state index in [1.54, 1.807) is 12.1 Å². The van der Waals surface area contributed by atoms with Gasteiger partial charge in [-0.1, -0.05) is 65.8 Å². The first-order valence-electron chi connectivity index (χ1n) is 15.3. The van der Waals surface area contributed by atoms with E-state index in [1.165, 1.54) is 6.07 Å². The molecule has 236 valence electrons. The number of hydrogen-bond acceptors (Lipinski definition) is 9. The highest BCUT2D eigenvalue weighted by molar-refractivity contribution is 6.46. The number of carbonyl (C=O) groups excluding carboxylic acids is 3. The van der Waals surface area contributed by atoms with Crippen LogP contribution in [0.15, 0.2) is 71.9 Å². The van der Waals surface area contributed by atoms with Crippen molar-refractivity contribution in [3.05, 3.63) is 94.5 Å². The SMILES string of the molecule is CC(C)(C(=O)c1ccc(C2c3ccccc3-c3cc(C(=O)/C(CCCCC(=O)O)=N/OC(=O)C#N)ccc32)cc1)N1CCOCC1. The summed E-state index contributed by atoms with van der Waals surface area (Å²) in [6, 6.07) is 22.4. The Hall–Kier alpha value is -4.98. The fraction of sp³-hybridized carbons (Fsp3) is 0.333. The predicted octanol–water partition coefficient (Wildman–Crippen LogP) is 5.39. The molecule has 1 N–H and O–H groups in total. The molecule has 0 radical (unpaired) electrons. The van der Waals surface area contributed by atoms with Crippen molar-refractivity contribution in [1.82, 2.24) is 4.90 Å². The zero-order chi connectivity index (χ0) is 32.8. The topological polar surface area (TPSA) is 146 Å². The monoisotopic (exact) mass is 621 g/mol. The van der Waals surface area contributed by atoms with Crippen LogP contribution in [0.1, 0.15) is 82.9 Å². The molecule has 0 spiro atoms. The van der Waals surface area contributed by atoms with Crippen LogP contribution in [-0.2, 0) is 19.2 Å². The number of carboxylic acids is 1. The second-order valence-corrected chi connectivity index (χ2v) is 11.9. The first-order valence-corrected chi connectivity index (χ1v) is 15.3. The molecule has 1 saturated heterocycles. The number of hydrogen-bond donors (Lipinski definition) is 1. The summed E-state index contributed by atoms with van der Waals surface area (Å²) in [5.41, 5.74) is 5.16. The van der Waals surface area contributed by atoms with Gasteiger partial charge >= 0.3 is 11.9 Å². The lowest BCUT2D eigenvalue weighted by Crippen LogP contribution is -2.54. The van der Waals surface area contributed by atoms with Crippen molar-refractivity contribution in [2.45, 2.75) is 51.0 Å². The summed E-state index contributed by atoms with van der Waals surface area (Å²) in [6.45, 7) is 6.55. The maximum atomic E-state index is 13.6. The zero-order valence-electron chi connectivity index (χ0n) is 25.8. The average molecular weight is 622 g/mol. The van der Waals surface area contributed by atoms with Gasteiger partial charge in [-0.25, -0.2) is 4.79 Å². The smallest absolute Gasteiger partial charge is 0.436 e. The molecule has 2 aliphatic rings. The molecule has 5 rings (SSSR count). The van der Waals surface area contributed by atoms with Crippen molar-refractivity contribution in [1.29, 1.82) is 5.26 Å². The summed E-state index contributed by atoms with van der Waals surface area (Å²) >= 11 is 0. The number of oxime groups is 1. The van der Waals surface area contributed by atoms with Crippen LogP contribution < -0.4 is 0 Å². The fourth-order valence-corrected chi connectivity index (χ4v) is 6.20. The van der Waals surface area contributed by atoms with E-state index >= 15 is 0 Å². The number of rotatable bonds is 12. The number of carbonyl (C=O) groups is 4. The molecule has 1 atom stereocenters. The van der Waals surface area contributed by atoms with Crippen LogP contribution in [0.3, 0.4) is 0 Å². The average Bonchev–Trinajstić information content (AvgIpc) is 3.41. The van der Waals surface area contributed by atoms with Gasteiger partial charge in [-0.3, -0.25) is 19.3 Å². The van der Waals surface area contributed by atoms with Gasteiger partial charge in [0.25, 0.3) is 0 Å². The third-order valence-electron chi connectivity index (χ3n) is 8.70. The van der Waals surface area contributed by atoms with E-state index in [4.69, 9.17) is 15.1 Å². The molecule has 1 aliphatic heterocycles. The Morgan fingerprint density at radius 1 is 0.935 bits per heavy atom. The van der Waals surface area contributed by atoms with Gasteiger partial charge in [0.1, 0.15) is 5.71 Å². The molecule has 10 heteroatoms. The Bertz CT molecular complexity index is 1730. The van der Waals surface area contributed by atoms with Gasteiger partial charge in [-0.05, 0) is 67.0 Å². The lowest BCUT2D eigenvalue weighted by Gasteiger charge is -2.39. The van der Waals surface area contributed by atoms with E-state index in [-0.39, 0.29) is 30.3 Å². The maximum Gasteiger partial charge on any atom is 0.436 e. The molecule has 3 aromatic carbocycles. The zero-order valence-corrected chi connectivity index (χ0v) is 25.8. The normalized spacial score (nSPS) is 16.2. The second-order valence-electron chi connectivity index (χ2n) is 11.9. The molecule has 0 amide bonds. The minimum absolute atomic E-state index is 0.0530. The van der Waals surface area contributed by atoms with E-state index in [1.807, 2.05) is 62.4 Å². The van der Waals surface area contributed by atoms with E-state index in [9.17, 15) is 19.2 Å². The third kappa shape index (κ3) is 6.81. The van der Waals surface area contributed by atoms with Crippen molar-refractivity contribution in [2.24, 2.45) is 5.16 Å². The van der Waals surface area contributed by atoms with Crippen LogP contribution in [-0.4, -0.2) is 71.1 Å². The van der Waals surface area contributed by atoms with Gasteiger partial charge < -0.3 is 14.7 Å². The molecule has 0 bridgehead atoms. The number of morpholine rings is 1.